The third-order valence-corrected chi connectivity index (χ3v) is 2.92. The van der Waals surface area contributed by atoms with Gasteiger partial charge in [0, 0.05) is 0 Å². The topological polar surface area (TPSA) is 20.2 Å². The zero-order chi connectivity index (χ0) is 10.6. The van der Waals surface area contributed by atoms with Crippen molar-refractivity contribution in [1.29, 1.82) is 0 Å². The molecule has 0 spiro atoms. The maximum Gasteiger partial charge on any atom is 0.0792 e. The van der Waals surface area contributed by atoms with Crippen LogP contribution in [0.15, 0.2) is 30.3 Å². The number of rotatable bonds is 4. The number of hydrogen-bond donors (Lipinski definition) is 1. The van der Waals surface area contributed by atoms with Gasteiger partial charge in [0.25, 0.3) is 0 Å². The fraction of sp³-hybridized carbons (Fsp3) is 0.538. The zero-order valence-electron chi connectivity index (χ0n) is 9.27. The summed E-state index contributed by atoms with van der Waals surface area (Å²) in [6.45, 7) is 6.58. The fourth-order valence-electron chi connectivity index (χ4n) is 1.44. The van der Waals surface area contributed by atoms with E-state index >= 15 is 0 Å². The van der Waals surface area contributed by atoms with Gasteiger partial charge in [-0.1, -0.05) is 51.1 Å². The van der Waals surface area contributed by atoms with Crippen LogP contribution in [0.3, 0.4) is 0 Å². The van der Waals surface area contributed by atoms with Gasteiger partial charge in [0.2, 0.25) is 0 Å². The maximum absolute atomic E-state index is 9.94. The van der Waals surface area contributed by atoms with Crippen LogP contribution in [0.25, 0.3) is 0 Å². The van der Waals surface area contributed by atoms with E-state index in [-0.39, 0.29) is 6.10 Å². The van der Waals surface area contributed by atoms with E-state index in [1.807, 2.05) is 30.3 Å². The molecule has 78 valence electrons. The van der Waals surface area contributed by atoms with Gasteiger partial charge in [-0.2, -0.15) is 0 Å². The largest absolute Gasteiger partial charge is 0.388 e. The molecule has 1 nitrogen and oxygen atoms in total. The number of aliphatic hydroxyl groups excluding tert-OH is 1. The predicted molar refractivity (Wildman–Crippen MR) is 60.0 cm³/mol. The molecule has 1 aromatic carbocycles. The second-order valence-electron chi connectivity index (χ2n) is 4.38. The van der Waals surface area contributed by atoms with Gasteiger partial charge in [0.1, 0.15) is 0 Å². The monoisotopic (exact) mass is 192 g/mol. The number of aliphatic hydroxyl groups is 1. The van der Waals surface area contributed by atoms with Crippen molar-refractivity contribution in [3.63, 3.8) is 0 Å². The molecule has 0 fully saturated rings. The molecule has 0 aromatic heterocycles. The standard InChI is InChI=1S/C13H20O/c1-10(2)11(3)9-13(14)12-7-5-4-6-8-12/h4-8,10-11,13-14H,9H2,1-3H3. The number of hydrogen-bond acceptors (Lipinski definition) is 1. The van der Waals surface area contributed by atoms with E-state index in [2.05, 4.69) is 20.8 Å². The van der Waals surface area contributed by atoms with Gasteiger partial charge in [-0.25, -0.2) is 0 Å². The van der Waals surface area contributed by atoms with Crippen molar-refractivity contribution >= 4 is 0 Å². The Hall–Kier alpha value is -0.820. The lowest BCUT2D eigenvalue weighted by Gasteiger charge is -2.19. The highest BCUT2D eigenvalue weighted by atomic mass is 16.3. The summed E-state index contributed by atoms with van der Waals surface area (Å²) in [5.74, 6) is 1.19. The Labute approximate surface area is 86.8 Å². The van der Waals surface area contributed by atoms with Gasteiger partial charge in [0.15, 0.2) is 0 Å². The molecule has 2 unspecified atom stereocenters. The van der Waals surface area contributed by atoms with Crippen LogP contribution in [0.5, 0.6) is 0 Å². The Balaban J connectivity index is 2.55. The van der Waals surface area contributed by atoms with E-state index in [4.69, 9.17) is 0 Å². The average molecular weight is 192 g/mol. The first kappa shape index (κ1) is 11.3. The molecular weight excluding hydrogens is 172 g/mol. The summed E-state index contributed by atoms with van der Waals surface area (Å²) in [7, 11) is 0. The second kappa shape index (κ2) is 5.16. The molecule has 1 heteroatoms. The van der Waals surface area contributed by atoms with Gasteiger partial charge in [0.05, 0.1) is 6.10 Å². The van der Waals surface area contributed by atoms with Crippen molar-refractivity contribution in [2.45, 2.75) is 33.3 Å². The summed E-state index contributed by atoms with van der Waals surface area (Å²) in [5, 5.41) is 9.94. The van der Waals surface area contributed by atoms with Crippen molar-refractivity contribution in [2.75, 3.05) is 0 Å². The molecule has 0 bridgehead atoms. The van der Waals surface area contributed by atoms with Crippen LogP contribution in [0, 0.1) is 11.8 Å². The minimum absolute atomic E-state index is 0.311. The van der Waals surface area contributed by atoms with Crippen LogP contribution in [0.4, 0.5) is 0 Å². The summed E-state index contributed by atoms with van der Waals surface area (Å²) in [6, 6.07) is 9.88. The molecule has 14 heavy (non-hydrogen) atoms. The first-order chi connectivity index (χ1) is 6.61. The minimum Gasteiger partial charge on any atom is -0.388 e. The first-order valence-corrected chi connectivity index (χ1v) is 5.34. The maximum atomic E-state index is 9.94. The average Bonchev–Trinajstić information content (AvgIpc) is 2.19. The zero-order valence-corrected chi connectivity index (χ0v) is 9.27. The highest BCUT2D eigenvalue weighted by Gasteiger charge is 2.14. The lowest BCUT2D eigenvalue weighted by atomic mass is 9.90. The van der Waals surface area contributed by atoms with Crippen molar-refractivity contribution in [3.8, 4) is 0 Å². The van der Waals surface area contributed by atoms with E-state index in [9.17, 15) is 5.11 Å². The summed E-state index contributed by atoms with van der Waals surface area (Å²) in [4.78, 5) is 0. The quantitative estimate of drug-likeness (QED) is 0.775. The molecule has 0 aliphatic heterocycles. The van der Waals surface area contributed by atoms with Crippen molar-refractivity contribution in [1.82, 2.24) is 0 Å². The smallest absolute Gasteiger partial charge is 0.0792 e. The van der Waals surface area contributed by atoms with Gasteiger partial charge < -0.3 is 5.11 Å². The van der Waals surface area contributed by atoms with E-state index in [0.717, 1.165) is 12.0 Å². The molecule has 0 saturated heterocycles. The third-order valence-electron chi connectivity index (χ3n) is 2.92. The SMILES string of the molecule is CC(C)C(C)CC(O)c1ccccc1. The molecular formula is C13H20O. The molecule has 0 saturated carbocycles. The molecule has 0 radical (unpaired) electrons. The van der Waals surface area contributed by atoms with Crippen molar-refractivity contribution in [3.05, 3.63) is 35.9 Å². The lowest BCUT2D eigenvalue weighted by Crippen LogP contribution is -2.09. The molecule has 1 N–H and O–H groups in total. The minimum atomic E-state index is -0.311. The van der Waals surface area contributed by atoms with Gasteiger partial charge in [-0.05, 0) is 23.8 Å². The van der Waals surface area contributed by atoms with Crippen LogP contribution in [-0.2, 0) is 0 Å². The van der Waals surface area contributed by atoms with Gasteiger partial charge >= 0.3 is 0 Å². The van der Waals surface area contributed by atoms with Crippen molar-refractivity contribution in [2.24, 2.45) is 11.8 Å². The predicted octanol–water partition coefficient (Wildman–Crippen LogP) is 3.40. The highest BCUT2D eigenvalue weighted by molar-refractivity contribution is 5.17. The summed E-state index contributed by atoms with van der Waals surface area (Å²) in [6.07, 6.45) is 0.537. The van der Waals surface area contributed by atoms with Crippen LogP contribution in [-0.4, -0.2) is 5.11 Å². The van der Waals surface area contributed by atoms with Crippen LogP contribution in [0.2, 0.25) is 0 Å². The molecule has 0 amide bonds. The van der Waals surface area contributed by atoms with E-state index in [1.165, 1.54) is 0 Å². The molecule has 1 rings (SSSR count). The Bertz CT molecular complexity index is 253. The van der Waals surface area contributed by atoms with Crippen LogP contribution < -0.4 is 0 Å². The molecule has 0 aliphatic carbocycles. The first-order valence-electron chi connectivity index (χ1n) is 5.34. The third kappa shape index (κ3) is 3.15. The Kier molecular flexibility index (Phi) is 4.15. The normalized spacial score (nSPS) is 15.5. The molecule has 2 atom stereocenters. The van der Waals surface area contributed by atoms with Crippen LogP contribution in [0.1, 0.15) is 38.9 Å². The number of benzene rings is 1. The second-order valence-corrected chi connectivity index (χ2v) is 4.38. The highest BCUT2D eigenvalue weighted by Crippen LogP contribution is 2.24. The van der Waals surface area contributed by atoms with Gasteiger partial charge in [-0.3, -0.25) is 0 Å². The van der Waals surface area contributed by atoms with Crippen LogP contribution >= 0.6 is 0 Å². The van der Waals surface area contributed by atoms with E-state index in [0.29, 0.717) is 11.8 Å². The summed E-state index contributed by atoms with van der Waals surface area (Å²) in [5.41, 5.74) is 1.03. The van der Waals surface area contributed by atoms with E-state index in [1.54, 1.807) is 0 Å². The molecule has 0 heterocycles. The molecule has 1 aromatic rings. The van der Waals surface area contributed by atoms with E-state index < -0.39 is 0 Å². The summed E-state index contributed by atoms with van der Waals surface area (Å²) < 4.78 is 0. The summed E-state index contributed by atoms with van der Waals surface area (Å²) >= 11 is 0. The van der Waals surface area contributed by atoms with Crippen molar-refractivity contribution < 1.29 is 5.11 Å². The Morgan fingerprint density at radius 2 is 1.64 bits per heavy atom. The Morgan fingerprint density at radius 1 is 1.07 bits per heavy atom. The Morgan fingerprint density at radius 3 is 2.14 bits per heavy atom. The van der Waals surface area contributed by atoms with Gasteiger partial charge in [-0.15, -0.1) is 0 Å². The fourth-order valence-corrected chi connectivity index (χ4v) is 1.44. The lowest BCUT2D eigenvalue weighted by molar-refractivity contribution is 0.135. The molecule has 0 aliphatic rings.